The third-order valence-corrected chi connectivity index (χ3v) is 1.00. The number of nitrogens with one attached hydrogen (secondary N) is 1. The first kappa shape index (κ1) is 6.01. The number of rotatable bonds is 2. The van der Waals surface area contributed by atoms with E-state index in [1.807, 2.05) is 6.92 Å². The van der Waals surface area contributed by atoms with Crippen molar-refractivity contribution in [2.45, 2.75) is 13.3 Å². The van der Waals surface area contributed by atoms with E-state index in [9.17, 15) is 0 Å². The van der Waals surface area contributed by atoms with Gasteiger partial charge in [0.15, 0.2) is 0 Å². The largest absolute Gasteiger partial charge is 0.340 e. The minimum absolute atomic E-state index is 0.139. The van der Waals surface area contributed by atoms with Crippen LogP contribution < -0.4 is 5.32 Å². The normalized spacial score (nSPS) is 28.9. The molecule has 1 aliphatic heterocycles. The van der Waals surface area contributed by atoms with Gasteiger partial charge in [-0.2, -0.15) is 0 Å². The van der Waals surface area contributed by atoms with Crippen LogP contribution >= 0.6 is 0 Å². The molecule has 1 unspecified atom stereocenters. The van der Waals surface area contributed by atoms with Gasteiger partial charge in [0.2, 0.25) is 6.41 Å². The molecule has 0 saturated carbocycles. The third kappa shape index (κ3) is 1.43. The second-order valence-electron chi connectivity index (χ2n) is 1.61. The highest BCUT2D eigenvalue weighted by molar-refractivity contribution is 4.51. The fourth-order valence-corrected chi connectivity index (χ4v) is 0.660. The Morgan fingerprint density at radius 3 is 3.25 bits per heavy atom. The average Bonchev–Trinajstić information content (AvgIpc) is 2.19. The Kier molecular flexibility index (Phi) is 2.27. The van der Waals surface area contributed by atoms with Crippen molar-refractivity contribution in [2.75, 3.05) is 19.8 Å². The van der Waals surface area contributed by atoms with Gasteiger partial charge in [0, 0.05) is 13.2 Å². The van der Waals surface area contributed by atoms with Crippen molar-refractivity contribution in [3.63, 3.8) is 0 Å². The molecule has 1 atom stereocenters. The minimum atomic E-state index is -0.139. The van der Waals surface area contributed by atoms with Gasteiger partial charge in [-0.1, -0.05) is 0 Å². The molecule has 0 aromatic carbocycles. The van der Waals surface area contributed by atoms with E-state index in [2.05, 4.69) is 5.32 Å². The molecular formula is C5H11NO2. The predicted molar refractivity (Wildman–Crippen MR) is 29.4 cm³/mol. The summed E-state index contributed by atoms with van der Waals surface area (Å²) >= 11 is 0. The third-order valence-electron chi connectivity index (χ3n) is 1.00. The van der Waals surface area contributed by atoms with Crippen molar-refractivity contribution in [3.8, 4) is 0 Å². The molecule has 1 fully saturated rings. The monoisotopic (exact) mass is 117 g/mol. The Labute approximate surface area is 49.0 Å². The minimum Gasteiger partial charge on any atom is -0.340 e. The van der Waals surface area contributed by atoms with E-state index in [4.69, 9.17) is 9.47 Å². The molecule has 1 N–H and O–H groups in total. The van der Waals surface area contributed by atoms with Crippen LogP contribution in [-0.2, 0) is 9.47 Å². The van der Waals surface area contributed by atoms with Gasteiger partial charge in [-0.15, -0.1) is 0 Å². The number of ether oxygens (including phenoxy) is 2. The lowest BCUT2D eigenvalue weighted by Crippen LogP contribution is -2.25. The molecule has 0 amide bonds. The molecule has 0 aromatic heterocycles. The Morgan fingerprint density at radius 1 is 1.88 bits per heavy atom. The number of hydrogen-bond acceptors (Lipinski definition) is 3. The van der Waals surface area contributed by atoms with Crippen LogP contribution in [-0.4, -0.2) is 26.2 Å². The summed E-state index contributed by atoms with van der Waals surface area (Å²) in [4.78, 5) is 0. The molecule has 3 heteroatoms. The Hall–Kier alpha value is -0.120. The van der Waals surface area contributed by atoms with Crippen molar-refractivity contribution < 1.29 is 9.47 Å². The van der Waals surface area contributed by atoms with Crippen LogP contribution in [0, 0.1) is 0 Å². The number of hydrogen-bond donors (Lipinski definition) is 1. The Bertz CT molecular complexity index is 61.4. The maximum absolute atomic E-state index is 5.07. The van der Waals surface area contributed by atoms with Gasteiger partial charge in [0.1, 0.15) is 0 Å². The maximum Gasteiger partial charge on any atom is 0.216 e. The van der Waals surface area contributed by atoms with Crippen molar-refractivity contribution in [3.05, 3.63) is 0 Å². The molecule has 8 heavy (non-hydrogen) atoms. The first-order valence-corrected chi connectivity index (χ1v) is 2.90. The van der Waals surface area contributed by atoms with Crippen LogP contribution in [0.3, 0.4) is 0 Å². The van der Waals surface area contributed by atoms with Gasteiger partial charge >= 0.3 is 0 Å². The van der Waals surface area contributed by atoms with Crippen LogP contribution in [0.4, 0.5) is 0 Å². The van der Waals surface area contributed by atoms with E-state index < -0.39 is 0 Å². The summed E-state index contributed by atoms with van der Waals surface area (Å²) in [6, 6.07) is 0. The molecular weight excluding hydrogens is 106 g/mol. The first-order valence-electron chi connectivity index (χ1n) is 2.90. The summed E-state index contributed by atoms with van der Waals surface area (Å²) in [5.74, 6) is 0. The average molecular weight is 117 g/mol. The maximum atomic E-state index is 5.07. The molecule has 1 rings (SSSR count). The van der Waals surface area contributed by atoms with Crippen LogP contribution in [0.2, 0.25) is 0 Å². The SMILES string of the molecule is CCOC1NCCO1. The first-order chi connectivity index (χ1) is 3.93. The van der Waals surface area contributed by atoms with Crippen molar-refractivity contribution in [2.24, 2.45) is 0 Å². The molecule has 0 aromatic rings. The van der Waals surface area contributed by atoms with Crippen LogP contribution in [0.1, 0.15) is 6.92 Å². The summed E-state index contributed by atoms with van der Waals surface area (Å²) in [6.07, 6.45) is -0.139. The highest BCUT2D eigenvalue weighted by Gasteiger charge is 2.12. The molecule has 0 bridgehead atoms. The summed E-state index contributed by atoms with van der Waals surface area (Å²) in [5.41, 5.74) is 0. The van der Waals surface area contributed by atoms with Gasteiger partial charge < -0.3 is 9.47 Å². The van der Waals surface area contributed by atoms with Crippen molar-refractivity contribution in [1.29, 1.82) is 0 Å². The van der Waals surface area contributed by atoms with Gasteiger partial charge in [-0.3, -0.25) is 5.32 Å². The van der Waals surface area contributed by atoms with Gasteiger partial charge in [-0.05, 0) is 6.92 Å². The summed E-state index contributed by atoms with van der Waals surface area (Å²) in [6.45, 7) is 4.33. The highest BCUT2D eigenvalue weighted by Crippen LogP contribution is 1.95. The quantitative estimate of drug-likeness (QED) is 0.549. The van der Waals surface area contributed by atoms with Crippen molar-refractivity contribution in [1.82, 2.24) is 5.32 Å². The highest BCUT2D eigenvalue weighted by atomic mass is 16.7. The second kappa shape index (κ2) is 3.02. The molecule has 0 radical (unpaired) electrons. The fraction of sp³-hybridized carbons (Fsp3) is 1.00. The van der Waals surface area contributed by atoms with Gasteiger partial charge in [0.25, 0.3) is 0 Å². The van der Waals surface area contributed by atoms with Crippen LogP contribution in [0.15, 0.2) is 0 Å². The zero-order valence-corrected chi connectivity index (χ0v) is 5.02. The van der Waals surface area contributed by atoms with E-state index in [1.54, 1.807) is 0 Å². The summed E-state index contributed by atoms with van der Waals surface area (Å²) < 4.78 is 10.1. The summed E-state index contributed by atoms with van der Waals surface area (Å²) in [5, 5.41) is 3.01. The van der Waals surface area contributed by atoms with E-state index in [-0.39, 0.29) is 6.41 Å². The van der Waals surface area contributed by atoms with E-state index in [1.165, 1.54) is 0 Å². The lowest BCUT2D eigenvalue weighted by Gasteiger charge is -2.07. The lowest BCUT2D eigenvalue weighted by molar-refractivity contribution is -0.118. The van der Waals surface area contributed by atoms with Gasteiger partial charge in [-0.25, -0.2) is 0 Å². The predicted octanol–water partition coefficient (Wildman–Crippen LogP) is -0.0737. The molecule has 0 aliphatic carbocycles. The topological polar surface area (TPSA) is 30.5 Å². The Morgan fingerprint density at radius 2 is 2.75 bits per heavy atom. The van der Waals surface area contributed by atoms with Crippen LogP contribution in [0.5, 0.6) is 0 Å². The van der Waals surface area contributed by atoms with Crippen molar-refractivity contribution >= 4 is 0 Å². The van der Waals surface area contributed by atoms with Crippen LogP contribution in [0.25, 0.3) is 0 Å². The van der Waals surface area contributed by atoms with Gasteiger partial charge in [0.05, 0.1) is 6.61 Å². The molecule has 1 aliphatic rings. The standard InChI is InChI=1S/C5H11NO2/c1-2-7-5-6-3-4-8-5/h5-6H,2-4H2,1H3. The summed E-state index contributed by atoms with van der Waals surface area (Å²) in [7, 11) is 0. The molecule has 0 spiro atoms. The smallest absolute Gasteiger partial charge is 0.216 e. The van der Waals surface area contributed by atoms with E-state index >= 15 is 0 Å². The molecule has 3 nitrogen and oxygen atoms in total. The lowest BCUT2D eigenvalue weighted by atomic mass is 10.7. The Balaban J connectivity index is 2.06. The zero-order chi connectivity index (χ0) is 5.82. The second-order valence-corrected chi connectivity index (χ2v) is 1.61. The van der Waals surface area contributed by atoms with E-state index in [0.29, 0.717) is 6.61 Å². The van der Waals surface area contributed by atoms with E-state index in [0.717, 1.165) is 13.2 Å². The molecule has 48 valence electrons. The zero-order valence-electron chi connectivity index (χ0n) is 5.02. The molecule has 1 heterocycles. The molecule has 1 saturated heterocycles. The fourth-order valence-electron chi connectivity index (χ4n) is 0.660.